The lowest BCUT2D eigenvalue weighted by atomic mass is 10.1. The Hall–Kier alpha value is -1.59. The summed E-state index contributed by atoms with van der Waals surface area (Å²) in [5.74, 6) is 0.394. The van der Waals surface area contributed by atoms with Gasteiger partial charge in [0.2, 0.25) is 0 Å². The molecular weight excluding hydrogens is 292 g/mol. The zero-order valence-corrected chi connectivity index (χ0v) is 14.3. The third kappa shape index (κ3) is 5.22. The van der Waals surface area contributed by atoms with E-state index in [9.17, 15) is 9.90 Å². The molecule has 0 saturated carbocycles. The van der Waals surface area contributed by atoms with Crippen molar-refractivity contribution in [2.45, 2.75) is 33.3 Å². The number of hydrogen-bond donors (Lipinski definition) is 2. The van der Waals surface area contributed by atoms with Crippen LogP contribution in [-0.2, 0) is 11.2 Å². The fraction of sp³-hybridized carbons (Fsp3) is 0.611. The molecule has 0 aromatic heterocycles. The summed E-state index contributed by atoms with van der Waals surface area (Å²) >= 11 is 0. The maximum absolute atomic E-state index is 12.3. The average molecular weight is 320 g/mol. The van der Waals surface area contributed by atoms with Gasteiger partial charge in [0.1, 0.15) is 5.75 Å². The standard InChI is InChI=1S/C18H28N2O3/c1-4-14-5-6-17(21)16(9-14)18(22)19-10-15-12-20(7-8-23-15)11-13(2)3/h5-6,9,13,15,21H,4,7-8,10-12H2,1-3H3,(H,19,22). The number of phenols is 1. The lowest BCUT2D eigenvalue weighted by Gasteiger charge is -2.34. The second kappa shape index (κ2) is 8.31. The second-order valence-corrected chi connectivity index (χ2v) is 6.56. The maximum Gasteiger partial charge on any atom is 0.255 e. The molecule has 23 heavy (non-hydrogen) atoms. The monoisotopic (exact) mass is 320 g/mol. The summed E-state index contributed by atoms with van der Waals surface area (Å²) in [7, 11) is 0. The minimum absolute atomic E-state index is 0.00273. The second-order valence-electron chi connectivity index (χ2n) is 6.56. The largest absolute Gasteiger partial charge is 0.507 e. The van der Waals surface area contributed by atoms with Crippen molar-refractivity contribution in [1.29, 1.82) is 0 Å². The summed E-state index contributed by atoms with van der Waals surface area (Å²) < 4.78 is 5.73. The fourth-order valence-corrected chi connectivity index (χ4v) is 2.87. The Labute approximate surface area is 138 Å². The van der Waals surface area contributed by atoms with Gasteiger partial charge in [0.25, 0.3) is 5.91 Å². The van der Waals surface area contributed by atoms with Gasteiger partial charge in [-0.3, -0.25) is 9.69 Å². The van der Waals surface area contributed by atoms with Gasteiger partial charge in [0, 0.05) is 26.2 Å². The van der Waals surface area contributed by atoms with Crippen LogP contribution in [0.4, 0.5) is 0 Å². The third-order valence-corrected chi connectivity index (χ3v) is 4.05. The van der Waals surface area contributed by atoms with Crippen LogP contribution in [0.25, 0.3) is 0 Å². The maximum atomic E-state index is 12.3. The van der Waals surface area contributed by atoms with Crippen LogP contribution in [0.2, 0.25) is 0 Å². The third-order valence-electron chi connectivity index (χ3n) is 4.05. The number of carbonyl (C=O) groups is 1. The van der Waals surface area contributed by atoms with Crippen molar-refractivity contribution < 1.29 is 14.6 Å². The average Bonchev–Trinajstić information content (AvgIpc) is 2.53. The van der Waals surface area contributed by atoms with Gasteiger partial charge in [0.15, 0.2) is 0 Å². The van der Waals surface area contributed by atoms with Crippen molar-refractivity contribution in [3.8, 4) is 5.75 Å². The summed E-state index contributed by atoms with van der Waals surface area (Å²) in [5.41, 5.74) is 1.36. The fourth-order valence-electron chi connectivity index (χ4n) is 2.87. The van der Waals surface area contributed by atoms with Gasteiger partial charge in [-0.15, -0.1) is 0 Å². The lowest BCUT2D eigenvalue weighted by Crippen LogP contribution is -2.48. The Bertz CT molecular complexity index is 531. The Balaban J connectivity index is 1.89. The minimum Gasteiger partial charge on any atom is -0.507 e. The molecule has 1 unspecified atom stereocenters. The molecule has 0 spiro atoms. The van der Waals surface area contributed by atoms with E-state index in [0.717, 1.165) is 31.6 Å². The van der Waals surface area contributed by atoms with Gasteiger partial charge in [-0.1, -0.05) is 26.8 Å². The predicted molar refractivity (Wildman–Crippen MR) is 90.8 cm³/mol. The van der Waals surface area contributed by atoms with E-state index in [4.69, 9.17) is 4.74 Å². The SMILES string of the molecule is CCc1ccc(O)c(C(=O)NCC2CN(CC(C)C)CCO2)c1. The van der Waals surface area contributed by atoms with Crippen LogP contribution >= 0.6 is 0 Å². The molecule has 2 rings (SSSR count). The highest BCUT2D eigenvalue weighted by atomic mass is 16.5. The number of aromatic hydroxyl groups is 1. The first-order valence-electron chi connectivity index (χ1n) is 8.43. The van der Waals surface area contributed by atoms with E-state index in [2.05, 4.69) is 24.1 Å². The smallest absolute Gasteiger partial charge is 0.255 e. The highest BCUT2D eigenvalue weighted by Crippen LogP contribution is 2.19. The van der Waals surface area contributed by atoms with Gasteiger partial charge in [0.05, 0.1) is 18.3 Å². The molecule has 0 aliphatic carbocycles. The molecule has 5 heteroatoms. The molecule has 1 aliphatic rings. The zero-order chi connectivity index (χ0) is 16.8. The molecule has 1 fully saturated rings. The van der Waals surface area contributed by atoms with Gasteiger partial charge in [-0.25, -0.2) is 0 Å². The Kier molecular flexibility index (Phi) is 6.42. The van der Waals surface area contributed by atoms with Crippen LogP contribution in [0.5, 0.6) is 5.75 Å². The van der Waals surface area contributed by atoms with E-state index in [0.29, 0.717) is 24.6 Å². The highest BCUT2D eigenvalue weighted by Gasteiger charge is 2.22. The first-order chi connectivity index (χ1) is 11.0. The van der Waals surface area contributed by atoms with Gasteiger partial charge in [-0.2, -0.15) is 0 Å². The Morgan fingerprint density at radius 3 is 2.96 bits per heavy atom. The summed E-state index contributed by atoms with van der Waals surface area (Å²) in [6.45, 7) is 10.4. The van der Waals surface area contributed by atoms with Crippen molar-refractivity contribution in [3.05, 3.63) is 29.3 Å². The van der Waals surface area contributed by atoms with Crippen molar-refractivity contribution in [3.63, 3.8) is 0 Å². The molecule has 128 valence electrons. The number of carbonyl (C=O) groups excluding carboxylic acids is 1. The number of ether oxygens (including phenoxy) is 1. The molecule has 0 radical (unpaired) electrons. The molecule has 1 aromatic rings. The molecule has 1 aromatic carbocycles. The topological polar surface area (TPSA) is 61.8 Å². The van der Waals surface area contributed by atoms with Crippen molar-refractivity contribution in [2.24, 2.45) is 5.92 Å². The minimum atomic E-state index is -0.248. The summed E-state index contributed by atoms with van der Waals surface area (Å²) in [6.07, 6.45) is 0.833. The van der Waals surface area contributed by atoms with Crippen LogP contribution < -0.4 is 5.32 Å². The molecule has 1 atom stereocenters. The van der Waals surface area contributed by atoms with E-state index in [1.165, 1.54) is 0 Å². The van der Waals surface area contributed by atoms with Crippen LogP contribution in [-0.4, -0.2) is 54.8 Å². The number of hydrogen-bond acceptors (Lipinski definition) is 4. The van der Waals surface area contributed by atoms with E-state index in [1.807, 2.05) is 13.0 Å². The number of phenolic OH excluding ortho intramolecular Hbond substituents is 1. The summed E-state index contributed by atoms with van der Waals surface area (Å²) in [6, 6.07) is 5.16. The summed E-state index contributed by atoms with van der Waals surface area (Å²) in [4.78, 5) is 14.7. The number of rotatable bonds is 6. The van der Waals surface area contributed by atoms with E-state index in [-0.39, 0.29) is 17.8 Å². The first-order valence-corrected chi connectivity index (χ1v) is 8.43. The number of nitrogens with one attached hydrogen (secondary N) is 1. The number of aryl methyl sites for hydroxylation is 1. The molecule has 1 saturated heterocycles. The van der Waals surface area contributed by atoms with Gasteiger partial charge >= 0.3 is 0 Å². The molecule has 1 heterocycles. The number of morpholine rings is 1. The Morgan fingerprint density at radius 1 is 1.48 bits per heavy atom. The summed E-state index contributed by atoms with van der Waals surface area (Å²) in [5, 5.41) is 12.8. The van der Waals surface area contributed by atoms with E-state index < -0.39 is 0 Å². The lowest BCUT2D eigenvalue weighted by molar-refractivity contribution is -0.0295. The number of benzene rings is 1. The van der Waals surface area contributed by atoms with E-state index in [1.54, 1.807) is 12.1 Å². The van der Waals surface area contributed by atoms with Crippen LogP contribution in [0.1, 0.15) is 36.7 Å². The molecule has 5 nitrogen and oxygen atoms in total. The Morgan fingerprint density at radius 2 is 2.26 bits per heavy atom. The number of amides is 1. The van der Waals surface area contributed by atoms with Crippen LogP contribution in [0.3, 0.4) is 0 Å². The molecule has 2 N–H and O–H groups in total. The molecule has 1 amide bonds. The molecular formula is C18H28N2O3. The molecule has 1 aliphatic heterocycles. The van der Waals surface area contributed by atoms with E-state index >= 15 is 0 Å². The first kappa shape index (κ1) is 17.8. The normalized spacial score (nSPS) is 19.0. The van der Waals surface area contributed by atoms with Crippen LogP contribution in [0, 0.1) is 5.92 Å². The quantitative estimate of drug-likeness (QED) is 0.842. The van der Waals surface area contributed by atoms with Crippen molar-refractivity contribution in [2.75, 3.05) is 32.8 Å². The van der Waals surface area contributed by atoms with Crippen molar-refractivity contribution >= 4 is 5.91 Å². The number of nitrogens with zero attached hydrogens (tertiary/aromatic N) is 1. The van der Waals surface area contributed by atoms with Gasteiger partial charge in [-0.05, 0) is 30.0 Å². The highest BCUT2D eigenvalue weighted by molar-refractivity contribution is 5.97. The van der Waals surface area contributed by atoms with Crippen LogP contribution in [0.15, 0.2) is 18.2 Å². The predicted octanol–water partition coefficient (Wildman–Crippen LogP) is 2.04. The zero-order valence-electron chi connectivity index (χ0n) is 14.3. The molecule has 0 bridgehead atoms. The van der Waals surface area contributed by atoms with Crippen molar-refractivity contribution in [1.82, 2.24) is 10.2 Å². The van der Waals surface area contributed by atoms with Gasteiger partial charge < -0.3 is 15.2 Å².